The van der Waals surface area contributed by atoms with Gasteiger partial charge in [0.25, 0.3) is 0 Å². The first kappa shape index (κ1) is 27.9. The summed E-state index contributed by atoms with van der Waals surface area (Å²) in [5, 5.41) is 15.2. The third-order valence-electron chi connectivity index (χ3n) is 5.54. The van der Waals surface area contributed by atoms with Crippen LogP contribution in [-0.2, 0) is 29.3 Å². The first-order valence-corrected chi connectivity index (χ1v) is 10.7. The van der Waals surface area contributed by atoms with Crippen molar-refractivity contribution in [2.24, 2.45) is 5.92 Å². The molecule has 1 saturated carbocycles. The number of carbonyl (C=O) groups excluding carboxylic acids is 1. The molecule has 0 saturated heterocycles. The highest BCUT2D eigenvalue weighted by Gasteiger charge is 2.56. The summed E-state index contributed by atoms with van der Waals surface area (Å²) in [6.07, 6.45) is -15.0. The maximum atomic E-state index is 13.8. The summed E-state index contributed by atoms with van der Waals surface area (Å²) in [5.74, 6) is -0.249. The lowest BCUT2D eigenvalue weighted by atomic mass is 9.89. The second kappa shape index (κ2) is 9.66. The zero-order valence-corrected chi connectivity index (χ0v) is 18.8. The van der Waals surface area contributed by atoms with E-state index in [0.29, 0.717) is 5.56 Å². The minimum absolute atomic E-state index is 0.0186. The highest BCUT2D eigenvalue weighted by atomic mass is 35.5. The van der Waals surface area contributed by atoms with Gasteiger partial charge in [0.2, 0.25) is 11.5 Å². The Morgan fingerprint density at radius 3 is 1.86 bits per heavy atom. The highest BCUT2D eigenvalue weighted by Crippen LogP contribution is 2.44. The van der Waals surface area contributed by atoms with E-state index in [1.54, 1.807) is 0 Å². The van der Waals surface area contributed by atoms with Crippen LogP contribution in [0.5, 0.6) is 0 Å². The standard InChI is InChI=1S/C22H18ClF9N2O2/c23-17-8-16(4-3-12(17)9-33-18(35)11-1-2-11)34-10-19(36,22(30,31)32)13-5-14(20(24,25)26)7-15(6-13)21(27,28)29/h3-8,11,34,36H,1-2,9-10H2,(H,33,35)/t19-/m1/s1. The fourth-order valence-corrected chi connectivity index (χ4v) is 3.51. The minimum atomic E-state index is -5.66. The molecule has 198 valence electrons. The van der Waals surface area contributed by atoms with Crippen LogP contribution in [0.15, 0.2) is 36.4 Å². The molecular formula is C22H18ClF9N2O2. The molecule has 1 aliphatic carbocycles. The number of amides is 1. The number of anilines is 1. The van der Waals surface area contributed by atoms with E-state index in [1.807, 2.05) is 0 Å². The summed E-state index contributed by atoms with van der Waals surface area (Å²) >= 11 is 6.08. The van der Waals surface area contributed by atoms with Crippen molar-refractivity contribution in [1.29, 1.82) is 0 Å². The molecule has 3 rings (SSSR count). The van der Waals surface area contributed by atoms with Crippen LogP contribution in [0.2, 0.25) is 5.02 Å². The molecule has 0 bridgehead atoms. The van der Waals surface area contributed by atoms with Gasteiger partial charge in [-0.25, -0.2) is 0 Å². The summed E-state index contributed by atoms with van der Waals surface area (Å²) in [7, 11) is 0. The molecule has 1 amide bonds. The summed E-state index contributed by atoms with van der Waals surface area (Å²) in [6, 6.07) is 3.04. The van der Waals surface area contributed by atoms with Gasteiger partial charge in [0.05, 0.1) is 17.7 Å². The lowest BCUT2D eigenvalue weighted by Crippen LogP contribution is -2.48. The molecule has 1 atom stereocenters. The Morgan fingerprint density at radius 1 is 0.889 bits per heavy atom. The number of halogens is 10. The lowest BCUT2D eigenvalue weighted by Gasteiger charge is -2.32. The fraction of sp³-hybridized carbons (Fsp3) is 0.409. The van der Waals surface area contributed by atoms with Crippen molar-refractivity contribution in [2.75, 3.05) is 11.9 Å². The summed E-state index contributed by atoms with van der Waals surface area (Å²) < 4.78 is 120. The van der Waals surface area contributed by atoms with Crippen molar-refractivity contribution in [3.05, 3.63) is 63.7 Å². The van der Waals surface area contributed by atoms with Crippen LogP contribution in [0.25, 0.3) is 0 Å². The molecular weight excluding hydrogens is 531 g/mol. The molecule has 4 nitrogen and oxygen atoms in total. The third-order valence-corrected chi connectivity index (χ3v) is 5.89. The largest absolute Gasteiger partial charge is 0.423 e. The Labute approximate surface area is 203 Å². The number of nitrogens with one attached hydrogen (secondary N) is 2. The second-order valence-electron chi connectivity index (χ2n) is 8.30. The minimum Gasteiger partial charge on any atom is -0.381 e. The SMILES string of the molecule is O=C(NCc1ccc(NC[C@@](O)(c2cc(C(F)(F)F)cc(C(F)(F)F)c2)C(F)(F)F)cc1Cl)C1CC1. The Morgan fingerprint density at radius 2 is 1.42 bits per heavy atom. The number of alkyl halides is 9. The molecule has 1 fully saturated rings. The second-order valence-corrected chi connectivity index (χ2v) is 8.71. The van der Waals surface area contributed by atoms with Crippen molar-refractivity contribution in [3.63, 3.8) is 0 Å². The molecule has 0 aromatic heterocycles. The maximum Gasteiger partial charge on any atom is 0.423 e. The number of carbonyl (C=O) groups is 1. The van der Waals surface area contributed by atoms with Gasteiger partial charge in [-0.2, -0.15) is 39.5 Å². The maximum absolute atomic E-state index is 13.8. The molecule has 0 heterocycles. The monoisotopic (exact) mass is 548 g/mol. The Bertz CT molecular complexity index is 1100. The van der Waals surface area contributed by atoms with E-state index in [0.717, 1.165) is 18.9 Å². The van der Waals surface area contributed by atoms with Crippen LogP contribution < -0.4 is 10.6 Å². The molecule has 0 radical (unpaired) electrons. The zero-order chi connectivity index (χ0) is 27.1. The van der Waals surface area contributed by atoms with Crippen LogP contribution in [0.3, 0.4) is 0 Å². The molecule has 2 aromatic carbocycles. The van der Waals surface area contributed by atoms with Crippen LogP contribution in [0, 0.1) is 5.92 Å². The van der Waals surface area contributed by atoms with Gasteiger partial charge in [-0.1, -0.05) is 17.7 Å². The van der Waals surface area contributed by atoms with Crippen molar-refractivity contribution in [3.8, 4) is 0 Å². The molecule has 3 N–H and O–H groups in total. The van der Waals surface area contributed by atoms with E-state index in [4.69, 9.17) is 11.6 Å². The smallest absolute Gasteiger partial charge is 0.381 e. The number of aliphatic hydroxyl groups is 1. The van der Waals surface area contributed by atoms with Gasteiger partial charge in [0.15, 0.2) is 0 Å². The molecule has 0 spiro atoms. The van der Waals surface area contributed by atoms with Crippen molar-refractivity contribution in [1.82, 2.24) is 5.32 Å². The normalized spacial score (nSPS) is 16.4. The van der Waals surface area contributed by atoms with Gasteiger partial charge in [0, 0.05) is 23.2 Å². The van der Waals surface area contributed by atoms with E-state index < -0.39 is 47.4 Å². The number of hydrogen-bond acceptors (Lipinski definition) is 3. The average Bonchev–Trinajstić information content (AvgIpc) is 3.60. The quantitative estimate of drug-likeness (QED) is 0.358. The molecule has 0 unspecified atom stereocenters. The first-order valence-electron chi connectivity index (χ1n) is 10.3. The van der Waals surface area contributed by atoms with E-state index >= 15 is 0 Å². The van der Waals surface area contributed by atoms with Gasteiger partial charge in [-0.05, 0) is 54.3 Å². The zero-order valence-electron chi connectivity index (χ0n) is 18.0. The summed E-state index contributed by atoms with van der Waals surface area (Å²) in [5.41, 5.74) is -9.48. The van der Waals surface area contributed by atoms with Gasteiger partial charge in [-0.3, -0.25) is 4.79 Å². The number of hydrogen-bond donors (Lipinski definition) is 3. The predicted molar refractivity (Wildman–Crippen MR) is 111 cm³/mol. The molecule has 1 aliphatic rings. The van der Waals surface area contributed by atoms with E-state index in [-0.39, 0.29) is 47.3 Å². The van der Waals surface area contributed by atoms with Gasteiger partial charge in [0.1, 0.15) is 0 Å². The Balaban J connectivity index is 1.88. The Kier molecular flexibility index (Phi) is 7.49. The van der Waals surface area contributed by atoms with E-state index in [9.17, 15) is 49.4 Å². The van der Waals surface area contributed by atoms with Crippen molar-refractivity contribution < 1.29 is 49.4 Å². The number of rotatable bonds is 7. The fourth-order valence-electron chi connectivity index (χ4n) is 3.26. The average molecular weight is 549 g/mol. The molecule has 36 heavy (non-hydrogen) atoms. The Hall–Kier alpha value is -2.67. The highest BCUT2D eigenvalue weighted by molar-refractivity contribution is 6.31. The first-order chi connectivity index (χ1) is 16.4. The summed E-state index contributed by atoms with van der Waals surface area (Å²) in [4.78, 5) is 11.7. The van der Waals surface area contributed by atoms with E-state index in [1.165, 1.54) is 12.1 Å². The van der Waals surface area contributed by atoms with Crippen LogP contribution >= 0.6 is 11.6 Å². The van der Waals surface area contributed by atoms with Crippen molar-refractivity contribution in [2.45, 2.75) is 43.5 Å². The van der Waals surface area contributed by atoms with Crippen LogP contribution in [0.1, 0.15) is 35.1 Å². The predicted octanol–water partition coefficient (Wildman–Crippen LogP) is 6.27. The molecule has 14 heteroatoms. The molecule has 2 aromatic rings. The van der Waals surface area contributed by atoms with E-state index in [2.05, 4.69) is 10.6 Å². The number of benzene rings is 2. The third kappa shape index (κ3) is 6.36. The molecule has 0 aliphatic heterocycles. The topological polar surface area (TPSA) is 61.4 Å². The van der Waals surface area contributed by atoms with Crippen molar-refractivity contribution >= 4 is 23.2 Å². The van der Waals surface area contributed by atoms with Gasteiger partial charge >= 0.3 is 18.5 Å². The van der Waals surface area contributed by atoms with Gasteiger partial charge < -0.3 is 15.7 Å². The summed E-state index contributed by atoms with van der Waals surface area (Å²) in [6.45, 7) is -1.49. The van der Waals surface area contributed by atoms with Gasteiger partial charge in [-0.15, -0.1) is 0 Å². The van der Waals surface area contributed by atoms with Crippen LogP contribution in [-0.4, -0.2) is 23.7 Å². The lowest BCUT2D eigenvalue weighted by molar-refractivity contribution is -0.261. The van der Waals surface area contributed by atoms with Crippen LogP contribution in [0.4, 0.5) is 45.2 Å².